The minimum atomic E-state index is -1.48. The largest absolute Gasteiger partial charge is 0.445 e. The molecule has 11 heteroatoms. The third-order valence-corrected chi connectivity index (χ3v) is 7.94. The van der Waals surface area contributed by atoms with Crippen molar-refractivity contribution in [2.24, 2.45) is 35.5 Å². The van der Waals surface area contributed by atoms with Gasteiger partial charge in [-0.15, -0.1) is 0 Å². The molecular weight excluding hydrogens is 456 g/mol. The molecule has 0 aromatic carbocycles. The zero-order valence-corrected chi connectivity index (χ0v) is 20.4. The second-order valence-corrected chi connectivity index (χ2v) is 10.7. The number of aliphatic hydroxyl groups excluding tert-OH is 1. The lowest BCUT2D eigenvalue weighted by Crippen LogP contribution is -2.54. The van der Waals surface area contributed by atoms with E-state index in [1.54, 1.807) is 6.07 Å². The van der Waals surface area contributed by atoms with Crippen molar-refractivity contribution in [3.05, 3.63) is 0 Å². The summed E-state index contributed by atoms with van der Waals surface area (Å²) in [5.74, 6) is -0.342. The molecule has 11 nitrogen and oxygen atoms in total. The zero-order chi connectivity index (χ0) is 25.3. The summed E-state index contributed by atoms with van der Waals surface area (Å²) in [5.41, 5.74) is 0. The number of carbonyl (C=O) groups is 3. The van der Waals surface area contributed by atoms with Crippen LogP contribution in [0.1, 0.15) is 40.0 Å². The number of hydrogen-bond acceptors (Lipinski definition) is 8. The molecule has 194 valence electrons. The molecule has 0 aromatic heterocycles. The summed E-state index contributed by atoms with van der Waals surface area (Å²) in [6.07, 6.45) is -1.71. The van der Waals surface area contributed by atoms with Crippen LogP contribution >= 0.6 is 0 Å². The summed E-state index contributed by atoms with van der Waals surface area (Å²) in [7, 11) is 0. The minimum absolute atomic E-state index is 0.0679. The number of rotatable bonds is 9. The second kappa shape index (κ2) is 10.7. The summed E-state index contributed by atoms with van der Waals surface area (Å²) >= 11 is 0. The van der Waals surface area contributed by atoms with Gasteiger partial charge in [0, 0.05) is 30.2 Å². The molecule has 4 aliphatic rings. The number of fused-ring (bicyclic) bond motifs is 1. The van der Waals surface area contributed by atoms with Gasteiger partial charge in [0.2, 0.25) is 11.8 Å². The van der Waals surface area contributed by atoms with Crippen molar-refractivity contribution in [3.8, 4) is 6.07 Å². The predicted octanol–water partition coefficient (Wildman–Crippen LogP) is 0.276. The molecule has 3 aliphatic heterocycles. The Morgan fingerprint density at radius 3 is 2.60 bits per heavy atom. The van der Waals surface area contributed by atoms with Crippen molar-refractivity contribution in [2.45, 2.75) is 70.6 Å². The summed E-state index contributed by atoms with van der Waals surface area (Å²) in [4.78, 5) is 38.0. The Balaban J connectivity index is 1.39. The van der Waals surface area contributed by atoms with Crippen LogP contribution in [-0.4, -0.2) is 73.4 Å². The molecule has 0 spiro atoms. The smallest absolute Gasteiger partial charge is 0.408 e. The highest BCUT2D eigenvalue weighted by molar-refractivity contribution is 5.86. The SMILES string of the molecule is CC(C)C[C@H](NC(=O)O[C@H]1C2CO[C@@H]3OC[C@@H]1C3[C@H]2C)C(=O)N[C@@H](CC1CCNC1=O)C(O)C#N. The molecule has 2 bridgehead atoms. The van der Waals surface area contributed by atoms with E-state index < -0.39 is 36.1 Å². The first-order chi connectivity index (χ1) is 16.7. The van der Waals surface area contributed by atoms with Crippen LogP contribution in [0.15, 0.2) is 0 Å². The van der Waals surface area contributed by atoms with Crippen LogP contribution in [-0.2, 0) is 23.8 Å². The average Bonchev–Trinajstić information content (AvgIpc) is 3.45. The third-order valence-electron chi connectivity index (χ3n) is 7.94. The molecule has 1 saturated carbocycles. The molecule has 1 aliphatic carbocycles. The monoisotopic (exact) mass is 492 g/mol. The first-order valence-corrected chi connectivity index (χ1v) is 12.6. The van der Waals surface area contributed by atoms with E-state index in [0.717, 1.165) is 0 Å². The van der Waals surface area contributed by atoms with E-state index in [4.69, 9.17) is 14.2 Å². The van der Waals surface area contributed by atoms with Gasteiger partial charge in [-0.2, -0.15) is 5.26 Å². The van der Waals surface area contributed by atoms with Crippen LogP contribution in [0, 0.1) is 46.8 Å². The molecule has 10 atom stereocenters. The van der Waals surface area contributed by atoms with Crippen LogP contribution in [0.2, 0.25) is 0 Å². The number of carbonyl (C=O) groups excluding carboxylic acids is 3. The molecule has 0 radical (unpaired) electrons. The maximum atomic E-state index is 13.2. The van der Waals surface area contributed by atoms with Gasteiger partial charge in [0.05, 0.1) is 25.3 Å². The molecule has 3 saturated heterocycles. The Bertz CT molecular complexity index is 861. The van der Waals surface area contributed by atoms with Crippen molar-refractivity contribution >= 4 is 17.9 Å². The Morgan fingerprint density at radius 2 is 1.97 bits per heavy atom. The fourth-order valence-corrected chi connectivity index (χ4v) is 6.09. The molecule has 4 N–H and O–H groups in total. The van der Waals surface area contributed by atoms with Gasteiger partial charge >= 0.3 is 6.09 Å². The lowest BCUT2D eigenvalue weighted by Gasteiger charge is -2.32. The molecule has 4 rings (SSSR count). The van der Waals surface area contributed by atoms with E-state index in [-0.39, 0.29) is 48.4 Å². The molecule has 35 heavy (non-hydrogen) atoms. The van der Waals surface area contributed by atoms with Crippen molar-refractivity contribution < 1.29 is 33.7 Å². The number of aliphatic hydroxyl groups is 1. The summed E-state index contributed by atoms with van der Waals surface area (Å²) in [6, 6.07) is -0.116. The number of nitrogens with one attached hydrogen (secondary N) is 3. The van der Waals surface area contributed by atoms with Crippen LogP contribution < -0.4 is 16.0 Å². The lowest BCUT2D eigenvalue weighted by atomic mass is 9.88. The standard InChI is InChI=1S/C24H36N4O7/c1-11(2)6-17(22(31)27-16(18(29)8-25)7-13-4-5-26-21(13)30)28-24(32)35-20-14-9-33-23-19(12(14)3)15(20)10-34-23/h11-20,23,29H,4-7,9-10H2,1-3H3,(H,26,30)(H,27,31)(H,28,32)/t12-,13?,14?,15+,16-,17-,18?,19?,20-,23+/m0/s1. The minimum Gasteiger partial charge on any atom is -0.445 e. The Labute approximate surface area is 205 Å². The first-order valence-electron chi connectivity index (χ1n) is 12.6. The highest BCUT2D eigenvalue weighted by Crippen LogP contribution is 2.52. The van der Waals surface area contributed by atoms with Gasteiger partial charge in [0.25, 0.3) is 0 Å². The number of ether oxygens (including phenoxy) is 3. The van der Waals surface area contributed by atoms with Gasteiger partial charge in [-0.05, 0) is 31.1 Å². The Morgan fingerprint density at radius 1 is 1.26 bits per heavy atom. The lowest BCUT2D eigenvalue weighted by molar-refractivity contribution is -0.183. The van der Waals surface area contributed by atoms with E-state index in [1.165, 1.54) is 0 Å². The molecule has 4 unspecified atom stereocenters. The van der Waals surface area contributed by atoms with Gasteiger partial charge in [-0.1, -0.05) is 20.8 Å². The van der Waals surface area contributed by atoms with Gasteiger partial charge in [0.1, 0.15) is 12.1 Å². The number of alkyl carbamates (subject to hydrolysis) is 1. The van der Waals surface area contributed by atoms with Crippen molar-refractivity contribution in [3.63, 3.8) is 0 Å². The van der Waals surface area contributed by atoms with Crippen LogP contribution in [0.5, 0.6) is 0 Å². The normalized spacial score (nSPS) is 35.7. The van der Waals surface area contributed by atoms with E-state index in [1.807, 2.05) is 13.8 Å². The van der Waals surface area contributed by atoms with Crippen molar-refractivity contribution in [2.75, 3.05) is 19.8 Å². The molecular formula is C24H36N4O7. The number of hydrogen-bond donors (Lipinski definition) is 4. The summed E-state index contributed by atoms with van der Waals surface area (Å²) < 4.78 is 17.3. The Kier molecular flexibility index (Phi) is 7.83. The van der Waals surface area contributed by atoms with Gasteiger partial charge in [-0.3, -0.25) is 9.59 Å². The maximum absolute atomic E-state index is 13.2. The number of nitrogens with zero attached hydrogens (tertiary/aromatic N) is 1. The second-order valence-electron chi connectivity index (χ2n) is 10.7. The van der Waals surface area contributed by atoms with Gasteiger partial charge in [0.15, 0.2) is 12.4 Å². The molecule has 3 amide bonds. The van der Waals surface area contributed by atoms with E-state index in [0.29, 0.717) is 38.5 Å². The van der Waals surface area contributed by atoms with E-state index >= 15 is 0 Å². The van der Waals surface area contributed by atoms with Gasteiger partial charge in [-0.25, -0.2) is 4.79 Å². The number of amides is 3. The quantitative estimate of drug-likeness (QED) is 0.334. The number of nitriles is 1. The fourth-order valence-electron chi connectivity index (χ4n) is 6.09. The van der Waals surface area contributed by atoms with Crippen LogP contribution in [0.4, 0.5) is 4.79 Å². The summed E-state index contributed by atoms with van der Waals surface area (Å²) in [6.45, 7) is 7.45. The fraction of sp³-hybridized carbons (Fsp3) is 0.833. The molecule has 3 heterocycles. The first kappa shape index (κ1) is 25.7. The highest BCUT2D eigenvalue weighted by atomic mass is 16.7. The van der Waals surface area contributed by atoms with Crippen molar-refractivity contribution in [1.29, 1.82) is 5.26 Å². The average molecular weight is 493 g/mol. The third kappa shape index (κ3) is 5.39. The van der Waals surface area contributed by atoms with Crippen LogP contribution in [0.25, 0.3) is 0 Å². The summed E-state index contributed by atoms with van der Waals surface area (Å²) in [5, 5.41) is 27.5. The molecule has 4 fully saturated rings. The predicted molar refractivity (Wildman–Crippen MR) is 121 cm³/mol. The van der Waals surface area contributed by atoms with Gasteiger partial charge < -0.3 is 35.3 Å². The van der Waals surface area contributed by atoms with E-state index in [9.17, 15) is 24.8 Å². The topological polar surface area (TPSA) is 159 Å². The Hall–Kier alpha value is -2.42. The van der Waals surface area contributed by atoms with E-state index in [2.05, 4.69) is 22.9 Å². The zero-order valence-electron chi connectivity index (χ0n) is 20.4. The van der Waals surface area contributed by atoms with Crippen molar-refractivity contribution in [1.82, 2.24) is 16.0 Å². The molecule has 0 aromatic rings. The maximum Gasteiger partial charge on any atom is 0.408 e. The highest BCUT2D eigenvalue weighted by Gasteiger charge is 2.60. The van der Waals surface area contributed by atoms with Crippen LogP contribution in [0.3, 0.4) is 0 Å².